The summed E-state index contributed by atoms with van der Waals surface area (Å²) >= 11 is 0. The molecular weight excluding hydrogens is 246 g/mol. The largest absolute Gasteiger partial charge is 0.197 e. The highest BCUT2D eigenvalue weighted by atomic mass is 15.3. The molecule has 3 heteroatoms. The molecule has 0 bridgehead atoms. The fraction of sp³-hybridized carbons (Fsp3) is 0.0588. The molecule has 0 amide bonds. The molecule has 96 valence electrons. The Kier molecular flexibility index (Phi) is 2.33. The lowest BCUT2D eigenvalue weighted by Gasteiger charge is -2.06. The summed E-state index contributed by atoms with van der Waals surface area (Å²) in [6.07, 6.45) is 0. The summed E-state index contributed by atoms with van der Waals surface area (Å²) in [5.74, 6) is 0. The van der Waals surface area contributed by atoms with E-state index < -0.39 is 0 Å². The number of nitrogens with zero attached hydrogens (tertiary/aromatic N) is 2. The first-order chi connectivity index (χ1) is 9.83. The van der Waals surface area contributed by atoms with Crippen LogP contribution >= 0.6 is 0 Å². The van der Waals surface area contributed by atoms with Gasteiger partial charge in [-0.25, -0.2) is 0 Å². The van der Waals surface area contributed by atoms with Gasteiger partial charge in [0.15, 0.2) is 0 Å². The van der Waals surface area contributed by atoms with Gasteiger partial charge in [-0.3, -0.25) is 0 Å². The fourth-order valence-electron chi connectivity index (χ4n) is 2.62. The van der Waals surface area contributed by atoms with Crippen molar-refractivity contribution in [3.63, 3.8) is 0 Å². The SMILES string of the molecule is Cc1ccc(-c2cc3ccccc3c3n[nH]nc23)cc1. The molecule has 3 aromatic carbocycles. The van der Waals surface area contributed by atoms with Crippen LogP contribution < -0.4 is 0 Å². The quantitative estimate of drug-likeness (QED) is 0.559. The second-order valence-electron chi connectivity index (χ2n) is 5.03. The number of fused-ring (bicyclic) bond motifs is 3. The standard InChI is InChI=1S/C17H13N3/c1-11-6-8-12(9-7-11)15-10-13-4-2-3-5-14(13)16-17(15)19-20-18-16/h2-10H,1H3,(H,18,19,20). The maximum atomic E-state index is 4.33. The third kappa shape index (κ3) is 1.60. The highest BCUT2D eigenvalue weighted by molar-refractivity contribution is 6.10. The van der Waals surface area contributed by atoms with Gasteiger partial charge in [-0.15, -0.1) is 0 Å². The number of H-pyrrole nitrogens is 1. The Morgan fingerprint density at radius 1 is 0.850 bits per heavy atom. The van der Waals surface area contributed by atoms with E-state index in [2.05, 4.69) is 64.8 Å². The van der Waals surface area contributed by atoms with Gasteiger partial charge in [-0.2, -0.15) is 15.4 Å². The van der Waals surface area contributed by atoms with Gasteiger partial charge in [-0.1, -0.05) is 54.1 Å². The summed E-state index contributed by atoms with van der Waals surface area (Å²) < 4.78 is 0. The van der Waals surface area contributed by atoms with E-state index in [-0.39, 0.29) is 0 Å². The summed E-state index contributed by atoms with van der Waals surface area (Å²) in [5, 5.41) is 13.7. The third-order valence-corrected chi connectivity index (χ3v) is 3.68. The van der Waals surface area contributed by atoms with Crippen molar-refractivity contribution in [2.75, 3.05) is 0 Å². The molecule has 0 aliphatic heterocycles. The van der Waals surface area contributed by atoms with Gasteiger partial charge in [0.05, 0.1) is 0 Å². The molecule has 4 aromatic rings. The van der Waals surface area contributed by atoms with E-state index >= 15 is 0 Å². The van der Waals surface area contributed by atoms with E-state index in [4.69, 9.17) is 0 Å². The molecule has 0 spiro atoms. The van der Waals surface area contributed by atoms with Crippen LogP contribution in [0.3, 0.4) is 0 Å². The molecule has 20 heavy (non-hydrogen) atoms. The number of rotatable bonds is 1. The molecule has 0 saturated carbocycles. The number of hydrogen-bond donors (Lipinski definition) is 1. The van der Waals surface area contributed by atoms with E-state index in [0.717, 1.165) is 22.0 Å². The zero-order valence-corrected chi connectivity index (χ0v) is 11.1. The zero-order chi connectivity index (χ0) is 13.5. The van der Waals surface area contributed by atoms with Gasteiger partial charge in [0.1, 0.15) is 11.0 Å². The summed E-state index contributed by atoms with van der Waals surface area (Å²) in [6, 6.07) is 19.0. The van der Waals surface area contributed by atoms with Crippen LogP contribution in [-0.2, 0) is 0 Å². The smallest absolute Gasteiger partial charge is 0.121 e. The first-order valence-electron chi connectivity index (χ1n) is 6.62. The predicted molar refractivity (Wildman–Crippen MR) is 81.6 cm³/mol. The maximum Gasteiger partial charge on any atom is 0.121 e. The third-order valence-electron chi connectivity index (χ3n) is 3.68. The first-order valence-corrected chi connectivity index (χ1v) is 6.62. The van der Waals surface area contributed by atoms with Crippen molar-refractivity contribution in [1.29, 1.82) is 0 Å². The molecule has 0 fully saturated rings. The molecule has 0 aliphatic carbocycles. The number of nitrogens with one attached hydrogen (secondary N) is 1. The Balaban J connectivity index is 2.11. The number of aryl methyl sites for hydroxylation is 1. The molecule has 0 saturated heterocycles. The summed E-state index contributed by atoms with van der Waals surface area (Å²) in [5.41, 5.74) is 5.39. The number of aromatic amines is 1. The molecular formula is C17H13N3. The summed E-state index contributed by atoms with van der Waals surface area (Å²) in [7, 11) is 0. The van der Waals surface area contributed by atoms with Gasteiger partial charge in [0.2, 0.25) is 0 Å². The Morgan fingerprint density at radius 3 is 2.45 bits per heavy atom. The van der Waals surface area contributed by atoms with Gasteiger partial charge in [0, 0.05) is 10.9 Å². The Hall–Kier alpha value is -2.68. The van der Waals surface area contributed by atoms with Crippen molar-refractivity contribution in [2.45, 2.75) is 6.92 Å². The van der Waals surface area contributed by atoms with E-state index in [1.807, 2.05) is 12.1 Å². The molecule has 0 radical (unpaired) electrons. The zero-order valence-electron chi connectivity index (χ0n) is 11.1. The van der Waals surface area contributed by atoms with E-state index in [0.29, 0.717) is 0 Å². The molecule has 0 unspecified atom stereocenters. The summed E-state index contributed by atoms with van der Waals surface area (Å²) in [4.78, 5) is 0. The predicted octanol–water partition coefficient (Wildman–Crippen LogP) is 4.09. The minimum absolute atomic E-state index is 0.924. The maximum absolute atomic E-state index is 4.33. The Labute approximate surface area is 116 Å². The first kappa shape index (κ1) is 11.2. The van der Waals surface area contributed by atoms with Crippen molar-refractivity contribution in [2.24, 2.45) is 0 Å². The molecule has 0 aliphatic rings. The average Bonchev–Trinajstić information content (AvgIpc) is 2.97. The second kappa shape index (κ2) is 4.17. The Morgan fingerprint density at radius 2 is 1.60 bits per heavy atom. The topological polar surface area (TPSA) is 41.6 Å². The fourth-order valence-corrected chi connectivity index (χ4v) is 2.62. The normalized spacial score (nSPS) is 11.2. The van der Waals surface area contributed by atoms with E-state index in [1.165, 1.54) is 16.5 Å². The minimum Gasteiger partial charge on any atom is -0.197 e. The van der Waals surface area contributed by atoms with Crippen LogP contribution in [0.1, 0.15) is 5.56 Å². The van der Waals surface area contributed by atoms with Crippen molar-refractivity contribution in [3.05, 3.63) is 60.2 Å². The van der Waals surface area contributed by atoms with Gasteiger partial charge in [0.25, 0.3) is 0 Å². The van der Waals surface area contributed by atoms with Crippen molar-refractivity contribution in [3.8, 4) is 11.1 Å². The summed E-state index contributed by atoms with van der Waals surface area (Å²) in [6.45, 7) is 2.09. The molecule has 1 N–H and O–H groups in total. The highest BCUT2D eigenvalue weighted by Gasteiger charge is 2.11. The second-order valence-corrected chi connectivity index (χ2v) is 5.03. The lowest BCUT2D eigenvalue weighted by atomic mass is 9.98. The molecule has 0 atom stereocenters. The van der Waals surface area contributed by atoms with Crippen LogP contribution in [0.15, 0.2) is 54.6 Å². The van der Waals surface area contributed by atoms with Crippen LogP contribution in [-0.4, -0.2) is 15.4 Å². The van der Waals surface area contributed by atoms with E-state index in [1.54, 1.807) is 0 Å². The highest BCUT2D eigenvalue weighted by Crippen LogP contribution is 2.32. The van der Waals surface area contributed by atoms with Crippen LogP contribution in [0.4, 0.5) is 0 Å². The minimum atomic E-state index is 0.924. The lowest BCUT2D eigenvalue weighted by Crippen LogP contribution is -1.84. The van der Waals surface area contributed by atoms with Crippen LogP contribution in [0, 0.1) is 6.92 Å². The van der Waals surface area contributed by atoms with Crippen LogP contribution in [0.2, 0.25) is 0 Å². The van der Waals surface area contributed by atoms with Gasteiger partial charge in [-0.05, 0) is 23.9 Å². The van der Waals surface area contributed by atoms with Crippen molar-refractivity contribution >= 4 is 21.8 Å². The lowest BCUT2D eigenvalue weighted by molar-refractivity contribution is 0.960. The van der Waals surface area contributed by atoms with Gasteiger partial charge >= 0.3 is 0 Å². The van der Waals surface area contributed by atoms with Crippen LogP contribution in [0.25, 0.3) is 32.9 Å². The number of benzene rings is 3. The number of hydrogen-bond acceptors (Lipinski definition) is 2. The van der Waals surface area contributed by atoms with Crippen LogP contribution in [0.5, 0.6) is 0 Å². The van der Waals surface area contributed by atoms with Crippen molar-refractivity contribution in [1.82, 2.24) is 15.4 Å². The Bertz CT molecular complexity index is 904. The van der Waals surface area contributed by atoms with Crippen molar-refractivity contribution < 1.29 is 0 Å². The van der Waals surface area contributed by atoms with Gasteiger partial charge < -0.3 is 0 Å². The molecule has 1 aromatic heterocycles. The van der Waals surface area contributed by atoms with E-state index in [9.17, 15) is 0 Å². The molecule has 3 nitrogen and oxygen atoms in total. The molecule has 4 rings (SSSR count). The number of aromatic nitrogens is 3. The average molecular weight is 259 g/mol. The monoisotopic (exact) mass is 259 g/mol. The molecule has 1 heterocycles.